The number of amides is 1. The van der Waals surface area contributed by atoms with Gasteiger partial charge in [-0.1, -0.05) is 25.0 Å². The third kappa shape index (κ3) is 2.44. The highest BCUT2D eigenvalue weighted by Crippen LogP contribution is 2.28. The van der Waals surface area contributed by atoms with Crippen LogP contribution in [0, 0.1) is 0 Å². The summed E-state index contributed by atoms with van der Waals surface area (Å²) in [6.45, 7) is 0. The molecule has 0 radical (unpaired) electrons. The van der Waals surface area contributed by atoms with Crippen LogP contribution in [-0.2, 0) is 4.79 Å². The Bertz CT molecular complexity index is 583. The van der Waals surface area contributed by atoms with E-state index in [0.717, 1.165) is 42.6 Å². The molecule has 5 nitrogen and oxygen atoms in total. The van der Waals surface area contributed by atoms with E-state index in [-0.39, 0.29) is 5.91 Å². The van der Waals surface area contributed by atoms with Crippen molar-refractivity contribution in [2.24, 2.45) is 5.73 Å². The van der Waals surface area contributed by atoms with E-state index in [0.29, 0.717) is 0 Å². The average molecular weight is 270 g/mol. The number of carbonyl (C=O) groups excluding carboxylic acids is 1. The average Bonchev–Trinajstić information content (AvgIpc) is 3.11. The monoisotopic (exact) mass is 270 g/mol. The summed E-state index contributed by atoms with van der Waals surface area (Å²) in [5.74, 6) is -0.0794. The van der Waals surface area contributed by atoms with Gasteiger partial charge in [-0.25, -0.2) is 0 Å². The van der Waals surface area contributed by atoms with E-state index in [1.165, 1.54) is 0 Å². The van der Waals surface area contributed by atoms with Crippen LogP contribution in [0.1, 0.15) is 25.7 Å². The Morgan fingerprint density at radius 2 is 1.90 bits per heavy atom. The van der Waals surface area contributed by atoms with E-state index in [4.69, 9.17) is 5.73 Å². The Labute approximate surface area is 117 Å². The molecular formula is C15H18N4O. The molecular weight excluding hydrogens is 252 g/mol. The smallest absolute Gasteiger partial charge is 0.244 e. The number of hydrogen-bond donors (Lipinski definition) is 3. The number of nitrogens with two attached hydrogens (primary N) is 1. The topological polar surface area (TPSA) is 83.8 Å². The van der Waals surface area contributed by atoms with Crippen molar-refractivity contribution in [2.75, 3.05) is 5.32 Å². The lowest BCUT2D eigenvalue weighted by Crippen LogP contribution is -2.48. The second-order valence-electron chi connectivity index (χ2n) is 5.37. The lowest BCUT2D eigenvalue weighted by Gasteiger charge is -2.22. The first-order chi connectivity index (χ1) is 9.67. The van der Waals surface area contributed by atoms with Gasteiger partial charge >= 0.3 is 0 Å². The summed E-state index contributed by atoms with van der Waals surface area (Å²) >= 11 is 0. The molecule has 0 aliphatic heterocycles. The van der Waals surface area contributed by atoms with Gasteiger partial charge in [0.2, 0.25) is 5.91 Å². The van der Waals surface area contributed by atoms with Crippen LogP contribution in [0.2, 0.25) is 0 Å². The zero-order valence-electron chi connectivity index (χ0n) is 11.2. The summed E-state index contributed by atoms with van der Waals surface area (Å²) in [6, 6.07) is 9.56. The van der Waals surface area contributed by atoms with Crippen molar-refractivity contribution in [2.45, 2.75) is 31.2 Å². The lowest BCUT2D eigenvalue weighted by molar-refractivity contribution is -0.121. The van der Waals surface area contributed by atoms with Crippen molar-refractivity contribution in [1.82, 2.24) is 10.2 Å². The molecule has 0 spiro atoms. The number of hydrogen-bond acceptors (Lipinski definition) is 3. The minimum absolute atomic E-state index is 0.0794. The molecule has 1 aliphatic rings. The van der Waals surface area contributed by atoms with Crippen molar-refractivity contribution in [1.29, 1.82) is 0 Å². The minimum Gasteiger partial charge on any atom is -0.324 e. The van der Waals surface area contributed by atoms with Gasteiger partial charge in [0, 0.05) is 11.9 Å². The number of rotatable bonds is 3. The van der Waals surface area contributed by atoms with Gasteiger partial charge in [0.05, 0.1) is 11.2 Å². The van der Waals surface area contributed by atoms with Crippen LogP contribution in [0.5, 0.6) is 0 Å². The first kappa shape index (κ1) is 12.9. The summed E-state index contributed by atoms with van der Waals surface area (Å²) in [7, 11) is 0. The van der Waals surface area contributed by atoms with Crippen LogP contribution in [0.25, 0.3) is 11.3 Å². The maximum atomic E-state index is 12.2. The van der Waals surface area contributed by atoms with Crippen molar-refractivity contribution < 1.29 is 4.79 Å². The Balaban J connectivity index is 1.71. The third-order valence-electron chi connectivity index (χ3n) is 3.90. The summed E-state index contributed by atoms with van der Waals surface area (Å²) < 4.78 is 0. The molecule has 0 atom stereocenters. The summed E-state index contributed by atoms with van der Waals surface area (Å²) in [4.78, 5) is 12.2. The Hall–Kier alpha value is -2.14. The number of anilines is 1. The van der Waals surface area contributed by atoms with Crippen LogP contribution in [-0.4, -0.2) is 21.6 Å². The van der Waals surface area contributed by atoms with Gasteiger partial charge in [-0.15, -0.1) is 0 Å². The molecule has 5 heteroatoms. The lowest BCUT2D eigenvalue weighted by atomic mass is 9.98. The standard InChI is InChI=1S/C15H18N4O/c16-15(8-1-2-9-15)14(20)18-12-5-3-11(4-6-12)13-7-10-17-19-13/h3-7,10H,1-2,8-9,16H2,(H,17,19)(H,18,20). The Morgan fingerprint density at radius 3 is 2.50 bits per heavy atom. The maximum absolute atomic E-state index is 12.2. The minimum atomic E-state index is -0.692. The van der Waals surface area contributed by atoms with Crippen LogP contribution in [0.3, 0.4) is 0 Å². The van der Waals surface area contributed by atoms with E-state index in [9.17, 15) is 4.79 Å². The van der Waals surface area contributed by atoms with Crippen LogP contribution < -0.4 is 11.1 Å². The molecule has 1 aliphatic carbocycles. The third-order valence-corrected chi connectivity index (χ3v) is 3.90. The van der Waals surface area contributed by atoms with E-state index in [1.807, 2.05) is 30.3 Å². The van der Waals surface area contributed by atoms with Gasteiger partial charge in [-0.2, -0.15) is 5.10 Å². The summed E-state index contributed by atoms with van der Waals surface area (Å²) in [6.07, 6.45) is 5.31. The molecule has 4 N–H and O–H groups in total. The number of benzene rings is 1. The molecule has 1 aromatic carbocycles. The molecule has 1 fully saturated rings. The SMILES string of the molecule is NC1(C(=O)Nc2ccc(-c3ccn[nH]3)cc2)CCCC1. The first-order valence-corrected chi connectivity index (χ1v) is 6.88. The predicted molar refractivity (Wildman–Crippen MR) is 78.0 cm³/mol. The van der Waals surface area contributed by atoms with E-state index >= 15 is 0 Å². The fraction of sp³-hybridized carbons (Fsp3) is 0.333. The molecule has 0 bridgehead atoms. The van der Waals surface area contributed by atoms with Gasteiger partial charge in [0.15, 0.2) is 0 Å². The summed E-state index contributed by atoms with van der Waals surface area (Å²) in [5, 5.41) is 9.73. The molecule has 0 unspecified atom stereocenters. The second-order valence-corrected chi connectivity index (χ2v) is 5.37. The van der Waals surface area contributed by atoms with Gasteiger partial charge in [0.25, 0.3) is 0 Å². The van der Waals surface area contributed by atoms with Crippen LogP contribution in [0.4, 0.5) is 5.69 Å². The fourth-order valence-corrected chi connectivity index (χ4v) is 2.64. The molecule has 20 heavy (non-hydrogen) atoms. The normalized spacial score (nSPS) is 17.1. The molecule has 0 saturated heterocycles. The molecule has 1 amide bonds. The largest absolute Gasteiger partial charge is 0.324 e. The highest BCUT2D eigenvalue weighted by Gasteiger charge is 2.36. The van der Waals surface area contributed by atoms with Crippen molar-refractivity contribution in [3.05, 3.63) is 36.5 Å². The highest BCUT2D eigenvalue weighted by atomic mass is 16.2. The number of carbonyl (C=O) groups is 1. The maximum Gasteiger partial charge on any atom is 0.244 e. The first-order valence-electron chi connectivity index (χ1n) is 6.88. The van der Waals surface area contributed by atoms with Gasteiger partial charge in [0.1, 0.15) is 0 Å². The Kier molecular flexibility index (Phi) is 3.28. The van der Waals surface area contributed by atoms with Gasteiger partial charge < -0.3 is 11.1 Å². The number of aromatic nitrogens is 2. The second kappa shape index (κ2) is 5.09. The molecule has 2 aromatic rings. The number of aromatic amines is 1. The Morgan fingerprint density at radius 1 is 1.20 bits per heavy atom. The quantitative estimate of drug-likeness (QED) is 0.800. The van der Waals surface area contributed by atoms with Gasteiger partial charge in [-0.3, -0.25) is 9.89 Å². The molecule has 1 aromatic heterocycles. The fourth-order valence-electron chi connectivity index (χ4n) is 2.64. The highest BCUT2D eigenvalue weighted by molar-refractivity contribution is 5.98. The number of nitrogens with zero attached hydrogens (tertiary/aromatic N) is 1. The zero-order valence-corrected chi connectivity index (χ0v) is 11.2. The van der Waals surface area contributed by atoms with Crippen LogP contribution >= 0.6 is 0 Å². The summed E-state index contributed by atoms with van der Waals surface area (Å²) in [5.41, 5.74) is 8.20. The van der Waals surface area contributed by atoms with E-state index in [2.05, 4.69) is 15.5 Å². The molecule has 1 saturated carbocycles. The van der Waals surface area contributed by atoms with Crippen molar-refractivity contribution in [3.63, 3.8) is 0 Å². The van der Waals surface area contributed by atoms with E-state index < -0.39 is 5.54 Å². The number of H-pyrrole nitrogens is 1. The molecule has 3 rings (SSSR count). The van der Waals surface area contributed by atoms with Crippen molar-refractivity contribution in [3.8, 4) is 11.3 Å². The molecule has 104 valence electrons. The van der Waals surface area contributed by atoms with Crippen LogP contribution in [0.15, 0.2) is 36.5 Å². The predicted octanol–water partition coefficient (Wildman–Crippen LogP) is 2.29. The number of nitrogens with one attached hydrogen (secondary N) is 2. The van der Waals surface area contributed by atoms with E-state index in [1.54, 1.807) is 6.20 Å². The van der Waals surface area contributed by atoms with Gasteiger partial charge in [-0.05, 0) is 36.6 Å². The van der Waals surface area contributed by atoms with Crippen molar-refractivity contribution >= 4 is 11.6 Å². The molecule has 1 heterocycles. The zero-order chi connectivity index (χ0) is 14.0.